The van der Waals surface area contributed by atoms with Crippen LogP contribution in [-0.4, -0.2) is 14.4 Å². The zero-order chi connectivity index (χ0) is 13.2. The van der Waals surface area contributed by atoms with E-state index >= 15 is 0 Å². The maximum atomic E-state index is 5.87. The molecule has 0 N–H and O–H groups in total. The van der Waals surface area contributed by atoms with Crippen molar-refractivity contribution < 1.29 is 0 Å². The van der Waals surface area contributed by atoms with Crippen LogP contribution in [0.5, 0.6) is 0 Å². The third kappa shape index (κ3) is 2.94. The minimum Gasteiger partial charge on any atom is -0.302 e. The largest absolute Gasteiger partial charge is 0.302 e. The molecule has 0 saturated carbocycles. The number of thioether (sulfide) groups is 1. The standard InChI is InChI=1S/C13H9BrClN3S/c14-11-7-18-6-5-16-12(18)13(17-11)19-8-9-1-3-10(15)4-2-9/h1-7H,8H2. The van der Waals surface area contributed by atoms with Crippen LogP contribution in [0.4, 0.5) is 0 Å². The Labute approximate surface area is 128 Å². The summed E-state index contributed by atoms with van der Waals surface area (Å²) < 4.78 is 2.76. The highest BCUT2D eigenvalue weighted by molar-refractivity contribution is 9.10. The molecule has 0 unspecified atom stereocenters. The third-order valence-electron chi connectivity index (χ3n) is 2.60. The summed E-state index contributed by atoms with van der Waals surface area (Å²) in [6.45, 7) is 0. The molecule has 0 saturated heterocycles. The molecule has 3 aromatic rings. The Morgan fingerprint density at radius 1 is 1.26 bits per heavy atom. The average Bonchev–Trinajstić information content (AvgIpc) is 2.85. The molecule has 0 aliphatic carbocycles. The number of hydrogen-bond acceptors (Lipinski definition) is 3. The Morgan fingerprint density at radius 2 is 2.05 bits per heavy atom. The molecule has 3 rings (SSSR count). The summed E-state index contributed by atoms with van der Waals surface area (Å²) in [5.41, 5.74) is 2.09. The van der Waals surface area contributed by atoms with Crippen molar-refractivity contribution in [3.05, 3.63) is 58.0 Å². The van der Waals surface area contributed by atoms with E-state index in [0.717, 1.165) is 26.1 Å². The molecule has 0 radical (unpaired) electrons. The van der Waals surface area contributed by atoms with Gasteiger partial charge < -0.3 is 4.40 Å². The van der Waals surface area contributed by atoms with Gasteiger partial charge in [0.2, 0.25) is 0 Å². The fraction of sp³-hybridized carbons (Fsp3) is 0.0769. The lowest BCUT2D eigenvalue weighted by atomic mass is 10.2. The van der Waals surface area contributed by atoms with Gasteiger partial charge in [0.05, 0.1) is 0 Å². The van der Waals surface area contributed by atoms with Crippen LogP contribution in [0.1, 0.15) is 5.56 Å². The second-order valence-corrected chi connectivity index (χ2v) is 6.16. The van der Waals surface area contributed by atoms with Gasteiger partial charge in [-0.2, -0.15) is 0 Å². The second-order valence-electron chi connectivity index (χ2n) is 3.94. The average molecular weight is 355 g/mol. The Bertz CT molecular complexity index is 711. The van der Waals surface area contributed by atoms with E-state index in [-0.39, 0.29) is 0 Å². The third-order valence-corrected chi connectivity index (χ3v) is 4.26. The second kappa shape index (κ2) is 5.53. The van der Waals surface area contributed by atoms with Gasteiger partial charge in [0, 0.05) is 29.4 Å². The summed E-state index contributed by atoms with van der Waals surface area (Å²) in [6, 6.07) is 7.85. The molecule has 0 aliphatic heterocycles. The lowest BCUT2D eigenvalue weighted by molar-refractivity contribution is 1.01. The molecule has 3 nitrogen and oxygen atoms in total. The van der Waals surface area contributed by atoms with Gasteiger partial charge in [0.1, 0.15) is 9.63 Å². The van der Waals surface area contributed by atoms with Gasteiger partial charge in [-0.1, -0.05) is 35.5 Å². The molecule has 2 aromatic heterocycles. The highest BCUT2D eigenvalue weighted by Crippen LogP contribution is 2.26. The van der Waals surface area contributed by atoms with Gasteiger partial charge in [-0.05, 0) is 33.6 Å². The minimum absolute atomic E-state index is 0.755. The minimum atomic E-state index is 0.755. The van der Waals surface area contributed by atoms with Crippen LogP contribution in [0.15, 0.2) is 52.5 Å². The Kier molecular flexibility index (Phi) is 3.77. The van der Waals surface area contributed by atoms with Crippen molar-refractivity contribution in [3.63, 3.8) is 0 Å². The van der Waals surface area contributed by atoms with E-state index in [9.17, 15) is 0 Å². The first kappa shape index (κ1) is 13.0. The lowest BCUT2D eigenvalue weighted by Gasteiger charge is -2.04. The van der Waals surface area contributed by atoms with E-state index in [1.807, 2.05) is 41.1 Å². The van der Waals surface area contributed by atoms with Crippen LogP contribution in [0.25, 0.3) is 5.65 Å². The SMILES string of the molecule is Clc1ccc(CSc2nc(Br)cn3ccnc23)cc1. The van der Waals surface area contributed by atoms with Gasteiger partial charge >= 0.3 is 0 Å². The highest BCUT2D eigenvalue weighted by Gasteiger charge is 2.07. The monoisotopic (exact) mass is 353 g/mol. The van der Waals surface area contributed by atoms with Crippen molar-refractivity contribution in [3.8, 4) is 0 Å². The van der Waals surface area contributed by atoms with Crippen molar-refractivity contribution in [1.82, 2.24) is 14.4 Å². The normalized spacial score (nSPS) is 11.1. The van der Waals surface area contributed by atoms with E-state index < -0.39 is 0 Å². The molecule has 96 valence electrons. The summed E-state index contributed by atoms with van der Waals surface area (Å²) in [4.78, 5) is 8.80. The van der Waals surface area contributed by atoms with Crippen molar-refractivity contribution in [2.24, 2.45) is 0 Å². The van der Waals surface area contributed by atoms with Crippen molar-refractivity contribution in [1.29, 1.82) is 0 Å². The first-order valence-electron chi connectivity index (χ1n) is 5.59. The van der Waals surface area contributed by atoms with Gasteiger partial charge in [-0.25, -0.2) is 9.97 Å². The zero-order valence-electron chi connectivity index (χ0n) is 9.75. The number of halogens is 2. The Balaban J connectivity index is 1.85. The maximum absolute atomic E-state index is 5.87. The van der Waals surface area contributed by atoms with Gasteiger partial charge in [0.15, 0.2) is 5.65 Å². The molecule has 0 spiro atoms. The molecular formula is C13H9BrClN3S. The van der Waals surface area contributed by atoms with Gasteiger partial charge in [-0.15, -0.1) is 0 Å². The molecule has 19 heavy (non-hydrogen) atoms. The van der Waals surface area contributed by atoms with E-state index in [0.29, 0.717) is 0 Å². The molecule has 2 heterocycles. The van der Waals surface area contributed by atoms with Crippen LogP contribution in [0.2, 0.25) is 5.02 Å². The summed E-state index contributed by atoms with van der Waals surface area (Å²) in [6.07, 6.45) is 5.58. The first-order chi connectivity index (χ1) is 9.22. The number of benzene rings is 1. The van der Waals surface area contributed by atoms with Crippen LogP contribution in [-0.2, 0) is 5.75 Å². The maximum Gasteiger partial charge on any atom is 0.169 e. The zero-order valence-corrected chi connectivity index (χ0v) is 12.9. The number of rotatable bonds is 3. The predicted octanol–water partition coefficient (Wildman–Crippen LogP) is 4.44. The van der Waals surface area contributed by atoms with E-state index in [1.165, 1.54) is 5.56 Å². The Hall–Kier alpha value is -1.04. The molecule has 0 atom stereocenters. The summed E-state index contributed by atoms with van der Waals surface area (Å²) in [7, 11) is 0. The summed E-state index contributed by atoms with van der Waals surface area (Å²) in [5, 5.41) is 1.67. The molecule has 0 aliphatic rings. The molecular weight excluding hydrogens is 346 g/mol. The number of nitrogens with zero attached hydrogens (tertiary/aromatic N) is 3. The quantitative estimate of drug-likeness (QED) is 0.651. The Morgan fingerprint density at radius 3 is 2.84 bits per heavy atom. The molecule has 1 aromatic carbocycles. The van der Waals surface area contributed by atoms with Gasteiger partial charge in [0.25, 0.3) is 0 Å². The van der Waals surface area contributed by atoms with Crippen molar-refractivity contribution >= 4 is 44.9 Å². The molecule has 0 amide bonds. The van der Waals surface area contributed by atoms with E-state index in [2.05, 4.69) is 25.9 Å². The van der Waals surface area contributed by atoms with Crippen molar-refractivity contribution in [2.45, 2.75) is 10.8 Å². The number of imidazole rings is 1. The van der Waals surface area contributed by atoms with E-state index in [4.69, 9.17) is 11.6 Å². The fourth-order valence-corrected chi connectivity index (χ4v) is 3.29. The van der Waals surface area contributed by atoms with Crippen LogP contribution >= 0.6 is 39.3 Å². The lowest BCUT2D eigenvalue weighted by Crippen LogP contribution is -1.92. The summed E-state index contributed by atoms with van der Waals surface area (Å²) in [5.74, 6) is 0.836. The molecule has 0 fully saturated rings. The number of aromatic nitrogens is 3. The molecule has 0 bridgehead atoms. The number of fused-ring (bicyclic) bond motifs is 1. The van der Waals surface area contributed by atoms with Crippen LogP contribution in [0, 0.1) is 0 Å². The van der Waals surface area contributed by atoms with E-state index in [1.54, 1.807) is 18.0 Å². The summed E-state index contributed by atoms with van der Waals surface area (Å²) >= 11 is 10.9. The van der Waals surface area contributed by atoms with Gasteiger partial charge in [-0.3, -0.25) is 0 Å². The first-order valence-corrected chi connectivity index (χ1v) is 7.74. The van der Waals surface area contributed by atoms with Crippen LogP contribution < -0.4 is 0 Å². The smallest absolute Gasteiger partial charge is 0.169 e. The molecule has 6 heteroatoms. The fourth-order valence-electron chi connectivity index (χ4n) is 1.70. The van der Waals surface area contributed by atoms with Crippen molar-refractivity contribution in [2.75, 3.05) is 0 Å². The highest BCUT2D eigenvalue weighted by atomic mass is 79.9. The predicted molar refractivity (Wildman–Crippen MR) is 81.7 cm³/mol. The van der Waals surface area contributed by atoms with Crippen LogP contribution in [0.3, 0.4) is 0 Å². The topological polar surface area (TPSA) is 30.2 Å². The number of hydrogen-bond donors (Lipinski definition) is 0.